The van der Waals surface area contributed by atoms with Gasteiger partial charge in [0.15, 0.2) is 11.3 Å². The van der Waals surface area contributed by atoms with Crippen molar-refractivity contribution >= 4 is 49.0 Å². The Balaban J connectivity index is 1.76. The quantitative estimate of drug-likeness (QED) is 0.113. The van der Waals surface area contributed by atoms with Crippen LogP contribution in [0.3, 0.4) is 0 Å². The Labute approximate surface area is 212 Å². The fourth-order valence-electron chi connectivity index (χ4n) is 3.36. The van der Waals surface area contributed by atoms with Crippen LogP contribution in [0.2, 0.25) is 0 Å². The molecule has 0 N–H and O–H groups in total. The Bertz CT molecular complexity index is 1790. The summed E-state index contributed by atoms with van der Waals surface area (Å²) in [5.74, 6) is -0.501. The number of hydrogen-bond acceptors (Lipinski definition) is 9. The number of nitro groups is 1. The first-order valence-corrected chi connectivity index (χ1v) is 12.7. The number of rotatable bonds is 7. The summed E-state index contributed by atoms with van der Waals surface area (Å²) >= 11 is 0. The number of alkyl halides is 3. The van der Waals surface area contributed by atoms with Crippen LogP contribution in [0.5, 0.6) is 5.75 Å². The predicted octanol–water partition coefficient (Wildman–Crippen LogP) is 4.15. The van der Waals surface area contributed by atoms with Crippen molar-refractivity contribution in [1.29, 1.82) is 0 Å². The SMILES string of the molecule is O=c1oc2c(OS(=O)(=O)c3ccc(C(F)(F)F)cc3)cccc2cc1N(c1cccc([N+](=O)[O-])c1)[SH](=O)=O. The van der Waals surface area contributed by atoms with E-state index in [0.717, 1.165) is 24.3 Å². The molecule has 0 aliphatic carbocycles. The number of thiol groups is 1. The van der Waals surface area contributed by atoms with Crippen LogP contribution in [-0.2, 0) is 27.2 Å². The van der Waals surface area contributed by atoms with Gasteiger partial charge in [-0.2, -0.15) is 21.6 Å². The van der Waals surface area contributed by atoms with Crippen LogP contribution in [0.15, 0.2) is 86.9 Å². The van der Waals surface area contributed by atoms with Crippen LogP contribution in [0.4, 0.5) is 30.2 Å². The maximum Gasteiger partial charge on any atom is 0.416 e. The molecule has 0 amide bonds. The standard InChI is InChI=1S/C22H13F3N2O9S2/c23-22(24,25)14-7-9-17(10-8-14)38(33,34)36-19-6-1-3-13-11-18(21(28)35-20(13)19)26(37(31)32)15-4-2-5-16(12-15)27(29)30/h1-12,37H. The summed E-state index contributed by atoms with van der Waals surface area (Å²) in [5, 5.41) is 11.1. The number of nitro benzene ring substituents is 1. The molecular formula is C22H13F3N2O9S2. The van der Waals surface area contributed by atoms with E-state index in [9.17, 15) is 44.9 Å². The van der Waals surface area contributed by atoms with Crippen LogP contribution in [0.1, 0.15) is 5.56 Å². The molecule has 38 heavy (non-hydrogen) atoms. The third-order valence-corrected chi connectivity index (χ3v) is 7.07. The molecule has 1 heterocycles. The molecule has 0 saturated carbocycles. The molecule has 16 heteroatoms. The lowest BCUT2D eigenvalue weighted by molar-refractivity contribution is -0.384. The van der Waals surface area contributed by atoms with E-state index in [4.69, 9.17) is 8.60 Å². The fourth-order valence-corrected chi connectivity index (χ4v) is 4.92. The molecule has 0 saturated heterocycles. The van der Waals surface area contributed by atoms with Gasteiger partial charge in [0.1, 0.15) is 10.6 Å². The Morgan fingerprint density at radius 3 is 2.24 bits per heavy atom. The van der Waals surface area contributed by atoms with Crippen LogP contribution in [-0.4, -0.2) is 21.8 Å². The minimum atomic E-state index is -4.69. The minimum absolute atomic E-state index is 0.00648. The van der Waals surface area contributed by atoms with Gasteiger partial charge in [-0.1, -0.05) is 18.2 Å². The highest BCUT2D eigenvalue weighted by atomic mass is 32.2. The number of hydrogen-bond donors (Lipinski definition) is 1. The highest BCUT2D eigenvalue weighted by Gasteiger charge is 2.31. The molecule has 0 radical (unpaired) electrons. The van der Waals surface area contributed by atoms with Crippen molar-refractivity contribution in [1.82, 2.24) is 0 Å². The molecule has 198 valence electrons. The largest absolute Gasteiger partial charge is 0.417 e. The van der Waals surface area contributed by atoms with Gasteiger partial charge >= 0.3 is 21.9 Å². The van der Waals surface area contributed by atoms with Gasteiger partial charge in [-0.25, -0.2) is 17.5 Å². The molecular weight excluding hydrogens is 557 g/mol. The van der Waals surface area contributed by atoms with Crippen molar-refractivity contribution in [3.8, 4) is 5.75 Å². The lowest BCUT2D eigenvalue weighted by Crippen LogP contribution is -2.21. The van der Waals surface area contributed by atoms with Crippen molar-refractivity contribution in [2.75, 3.05) is 4.31 Å². The van der Waals surface area contributed by atoms with Crippen molar-refractivity contribution < 1.29 is 43.5 Å². The maximum atomic E-state index is 12.8. The zero-order chi connectivity index (χ0) is 27.8. The first-order valence-electron chi connectivity index (χ1n) is 10.2. The van der Waals surface area contributed by atoms with E-state index in [1.807, 2.05) is 0 Å². The molecule has 0 fully saturated rings. The smallest absolute Gasteiger partial charge is 0.416 e. The number of nitrogens with zero attached hydrogens (tertiary/aromatic N) is 2. The van der Waals surface area contributed by atoms with Gasteiger partial charge in [0.05, 0.1) is 16.2 Å². The second-order valence-electron chi connectivity index (χ2n) is 7.48. The summed E-state index contributed by atoms with van der Waals surface area (Å²) in [4.78, 5) is 22.5. The molecule has 4 aromatic rings. The van der Waals surface area contributed by atoms with Crippen molar-refractivity contribution in [3.63, 3.8) is 0 Å². The first-order chi connectivity index (χ1) is 17.8. The third-order valence-electron chi connectivity index (χ3n) is 5.05. The Hall–Kier alpha value is -4.44. The molecule has 0 bridgehead atoms. The summed E-state index contributed by atoms with van der Waals surface area (Å²) in [6.07, 6.45) is -4.69. The van der Waals surface area contributed by atoms with Gasteiger partial charge < -0.3 is 8.60 Å². The van der Waals surface area contributed by atoms with Gasteiger partial charge in [0.2, 0.25) is 10.9 Å². The normalized spacial score (nSPS) is 12.0. The number of anilines is 2. The highest BCUT2D eigenvalue weighted by Crippen LogP contribution is 2.33. The fraction of sp³-hybridized carbons (Fsp3) is 0.0455. The third kappa shape index (κ3) is 5.30. The second-order valence-corrected chi connectivity index (χ2v) is 9.90. The Kier molecular flexibility index (Phi) is 6.86. The highest BCUT2D eigenvalue weighted by molar-refractivity contribution is 7.87. The van der Waals surface area contributed by atoms with Crippen LogP contribution < -0.4 is 14.1 Å². The number of non-ortho nitro benzene ring substituents is 1. The molecule has 0 aliphatic rings. The molecule has 4 rings (SSSR count). The van der Waals surface area contributed by atoms with Crippen molar-refractivity contribution in [2.24, 2.45) is 0 Å². The topological polar surface area (TPSA) is 154 Å². The second kappa shape index (κ2) is 9.79. The lowest BCUT2D eigenvalue weighted by atomic mass is 10.2. The minimum Gasteiger partial charge on any atom is -0.417 e. The number of halogens is 3. The van der Waals surface area contributed by atoms with Crippen LogP contribution in [0.25, 0.3) is 11.0 Å². The summed E-state index contributed by atoms with van der Waals surface area (Å²) in [6.45, 7) is 0. The number of benzene rings is 3. The Morgan fingerprint density at radius 2 is 1.63 bits per heavy atom. The van der Waals surface area contributed by atoms with E-state index in [2.05, 4.69) is 0 Å². The van der Waals surface area contributed by atoms with Gasteiger partial charge in [0, 0.05) is 17.5 Å². The van der Waals surface area contributed by atoms with Gasteiger partial charge in [-0.3, -0.25) is 10.1 Å². The molecule has 1 aromatic heterocycles. The van der Waals surface area contributed by atoms with E-state index >= 15 is 0 Å². The monoisotopic (exact) mass is 570 g/mol. The average molecular weight is 570 g/mol. The van der Waals surface area contributed by atoms with E-state index in [1.165, 1.54) is 24.3 Å². The summed E-state index contributed by atoms with van der Waals surface area (Å²) in [6, 6.07) is 11.7. The molecule has 3 aromatic carbocycles. The van der Waals surface area contributed by atoms with E-state index in [0.29, 0.717) is 28.6 Å². The summed E-state index contributed by atoms with van der Waals surface area (Å²) < 4.78 is 98.3. The summed E-state index contributed by atoms with van der Waals surface area (Å²) in [5.41, 5.74) is -3.98. The van der Waals surface area contributed by atoms with E-state index in [-0.39, 0.29) is 11.1 Å². The van der Waals surface area contributed by atoms with Gasteiger partial charge in [0.25, 0.3) is 5.69 Å². The van der Waals surface area contributed by atoms with Crippen LogP contribution in [0, 0.1) is 10.1 Å². The van der Waals surface area contributed by atoms with Crippen molar-refractivity contribution in [3.05, 3.63) is 98.9 Å². The average Bonchev–Trinajstić information content (AvgIpc) is 2.84. The molecule has 0 unspecified atom stereocenters. The molecule has 11 nitrogen and oxygen atoms in total. The predicted molar refractivity (Wildman–Crippen MR) is 127 cm³/mol. The number of para-hydroxylation sites is 1. The lowest BCUT2D eigenvalue weighted by Gasteiger charge is -2.17. The molecule has 0 spiro atoms. The first kappa shape index (κ1) is 26.6. The molecule has 0 aliphatic heterocycles. The number of fused-ring (bicyclic) bond motifs is 1. The van der Waals surface area contributed by atoms with E-state index in [1.54, 1.807) is 0 Å². The van der Waals surface area contributed by atoms with Gasteiger partial charge in [-0.15, -0.1) is 0 Å². The maximum absolute atomic E-state index is 12.8. The zero-order valence-electron chi connectivity index (χ0n) is 18.5. The summed E-state index contributed by atoms with van der Waals surface area (Å²) in [7, 11) is -8.22. The van der Waals surface area contributed by atoms with Gasteiger partial charge in [-0.05, 0) is 42.5 Å². The molecule has 0 atom stereocenters. The van der Waals surface area contributed by atoms with Crippen LogP contribution >= 0.6 is 0 Å². The Morgan fingerprint density at radius 1 is 0.974 bits per heavy atom. The van der Waals surface area contributed by atoms with E-state index < -0.39 is 70.9 Å². The van der Waals surface area contributed by atoms with Crippen molar-refractivity contribution in [2.45, 2.75) is 11.1 Å². The zero-order valence-corrected chi connectivity index (χ0v) is 20.2.